The van der Waals surface area contributed by atoms with Crippen LogP contribution in [0.3, 0.4) is 0 Å². The van der Waals surface area contributed by atoms with Crippen LogP contribution in [0.5, 0.6) is 0 Å². The van der Waals surface area contributed by atoms with Gasteiger partial charge < -0.3 is 11.1 Å². The molecular weight excluding hydrogens is 362 g/mol. The summed E-state index contributed by atoms with van der Waals surface area (Å²) in [4.78, 5) is 12.2. The Bertz CT molecular complexity index is 1100. The van der Waals surface area contributed by atoms with Gasteiger partial charge in [0, 0.05) is 18.5 Å². The fourth-order valence-electron chi connectivity index (χ4n) is 2.43. The summed E-state index contributed by atoms with van der Waals surface area (Å²) in [6, 6.07) is 15.2. The second-order valence-corrected chi connectivity index (χ2v) is 7.85. The Hall–Kier alpha value is -3.32. The molecule has 3 N–H and O–H groups in total. The summed E-state index contributed by atoms with van der Waals surface area (Å²) in [5, 5.41) is 2.67. The Labute approximate surface area is 158 Å². The number of carbonyl (C=O) groups is 1. The number of rotatable bonds is 5. The molecule has 0 aliphatic rings. The molecule has 0 saturated carbocycles. The van der Waals surface area contributed by atoms with E-state index in [4.69, 9.17) is 5.73 Å². The number of nitrogens with two attached hydrogens (primary N) is 1. The van der Waals surface area contributed by atoms with Crippen molar-refractivity contribution in [3.05, 3.63) is 84.2 Å². The predicted molar refractivity (Wildman–Crippen MR) is 107 cm³/mol. The highest BCUT2D eigenvalue weighted by molar-refractivity contribution is 7.90. The van der Waals surface area contributed by atoms with Crippen molar-refractivity contribution in [1.29, 1.82) is 0 Å². The Morgan fingerprint density at radius 1 is 1.07 bits per heavy atom. The lowest BCUT2D eigenvalue weighted by atomic mass is 10.2. The van der Waals surface area contributed by atoms with Crippen LogP contribution in [0.4, 0.5) is 11.4 Å². The maximum absolute atomic E-state index is 12.6. The van der Waals surface area contributed by atoms with E-state index in [0.717, 1.165) is 9.54 Å². The summed E-state index contributed by atoms with van der Waals surface area (Å²) in [7, 11) is -3.66. The number of carbonyl (C=O) groups excluding carboxylic acids is 1. The average Bonchev–Trinajstić information content (AvgIpc) is 3.12. The molecule has 6 nitrogen and oxygen atoms in total. The van der Waals surface area contributed by atoms with Gasteiger partial charge in [0.1, 0.15) is 0 Å². The molecule has 138 valence electrons. The molecule has 1 aromatic heterocycles. The Morgan fingerprint density at radius 2 is 1.78 bits per heavy atom. The van der Waals surface area contributed by atoms with Gasteiger partial charge in [-0.1, -0.05) is 29.8 Å². The molecule has 0 spiro atoms. The van der Waals surface area contributed by atoms with Gasteiger partial charge in [0.05, 0.1) is 16.3 Å². The summed E-state index contributed by atoms with van der Waals surface area (Å²) < 4.78 is 26.4. The van der Waals surface area contributed by atoms with Crippen LogP contribution in [0, 0.1) is 6.92 Å². The van der Waals surface area contributed by atoms with E-state index in [1.807, 2.05) is 6.92 Å². The van der Waals surface area contributed by atoms with E-state index < -0.39 is 10.0 Å². The molecule has 27 heavy (non-hydrogen) atoms. The molecule has 0 fully saturated rings. The first kappa shape index (κ1) is 18.5. The lowest BCUT2D eigenvalue weighted by Gasteiger charge is -2.05. The molecular formula is C20H19N3O3S. The number of nitrogen functional groups attached to an aromatic ring is 1. The zero-order valence-corrected chi connectivity index (χ0v) is 15.5. The maximum atomic E-state index is 12.6. The van der Waals surface area contributed by atoms with Crippen LogP contribution in [0.2, 0.25) is 0 Å². The van der Waals surface area contributed by atoms with Crippen molar-refractivity contribution in [3.63, 3.8) is 0 Å². The van der Waals surface area contributed by atoms with Crippen LogP contribution in [0.1, 0.15) is 11.1 Å². The van der Waals surface area contributed by atoms with E-state index in [1.54, 1.807) is 54.6 Å². The van der Waals surface area contributed by atoms with Crippen LogP contribution in [-0.2, 0) is 14.8 Å². The van der Waals surface area contributed by atoms with Crippen molar-refractivity contribution in [1.82, 2.24) is 3.97 Å². The number of benzene rings is 2. The van der Waals surface area contributed by atoms with Crippen LogP contribution >= 0.6 is 0 Å². The molecule has 0 atom stereocenters. The van der Waals surface area contributed by atoms with Crippen molar-refractivity contribution in [2.75, 3.05) is 11.1 Å². The van der Waals surface area contributed by atoms with E-state index in [1.165, 1.54) is 24.5 Å². The lowest BCUT2D eigenvalue weighted by molar-refractivity contribution is -0.111. The van der Waals surface area contributed by atoms with Gasteiger partial charge in [-0.15, -0.1) is 0 Å². The number of nitrogens with one attached hydrogen (secondary N) is 1. The summed E-state index contributed by atoms with van der Waals surface area (Å²) in [5.74, 6) is -0.359. The molecule has 1 heterocycles. The maximum Gasteiger partial charge on any atom is 0.267 e. The molecule has 2 aromatic carbocycles. The second-order valence-electron chi connectivity index (χ2n) is 6.00. The van der Waals surface area contributed by atoms with E-state index in [0.29, 0.717) is 16.9 Å². The number of nitrogens with zero attached hydrogens (tertiary/aromatic N) is 1. The average molecular weight is 381 g/mol. The predicted octanol–water partition coefficient (Wildman–Crippen LogP) is 3.27. The molecule has 0 saturated heterocycles. The molecule has 0 aliphatic heterocycles. The number of para-hydroxylation sites is 2. The van der Waals surface area contributed by atoms with E-state index in [9.17, 15) is 13.2 Å². The highest BCUT2D eigenvalue weighted by Crippen LogP contribution is 2.18. The first-order valence-corrected chi connectivity index (χ1v) is 9.64. The van der Waals surface area contributed by atoms with Gasteiger partial charge in [-0.3, -0.25) is 4.79 Å². The Balaban J connectivity index is 1.74. The van der Waals surface area contributed by atoms with Gasteiger partial charge in [0.25, 0.3) is 10.0 Å². The van der Waals surface area contributed by atoms with Crippen molar-refractivity contribution in [3.8, 4) is 0 Å². The third-order valence-corrected chi connectivity index (χ3v) is 5.58. The third kappa shape index (κ3) is 4.27. The topological polar surface area (TPSA) is 94.2 Å². The molecule has 3 aromatic rings. The molecule has 0 aliphatic carbocycles. The van der Waals surface area contributed by atoms with Gasteiger partial charge >= 0.3 is 0 Å². The normalized spacial score (nSPS) is 11.6. The fourth-order valence-corrected chi connectivity index (χ4v) is 3.63. The number of aryl methyl sites for hydroxylation is 1. The summed E-state index contributed by atoms with van der Waals surface area (Å²) >= 11 is 0. The molecule has 3 rings (SSSR count). The van der Waals surface area contributed by atoms with Crippen molar-refractivity contribution >= 4 is 33.4 Å². The highest BCUT2D eigenvalue weighted by Gasteiger charge is 2.16. The zero-order chi connectivity index (χ0) is 19.4. The van der Waals surface area contributed by atoms with Crippen molar-refractivity contribution in [2.24, 2.45) is 0 Å². The molecule has 1 amide bonds. The molecule has 0 radical (unpaired) electrons. The minimum absolute atomic E-state index is 0.205. The monoisotopic (exact) mass is 381 g/mol. The van der Waals surface area contributed by atoms with Crippen molar-refractivity contribution < 1.29 is 13.2 Å². The lowest BCUT2D eigenvalue weighted by Crippen LogP contribution is -2.10. The minimum atomic E-state index is -3.66. The van der Waals surface area contributed by atoms with Gasteiger partial charge in [0.2, 0.25) is 5.91 Å². The standard InChI is InChI=1S/C20H19N3O3S/c1-15-6-9-17(10-7-15)27(25,26)23-13-12-16(14-23)8-11-20(24)22-19-5-3-2-4-18(19)21/h2-14H,21H2,1H3,(H,22,24). The van der Waals surface area contributed by atoms with E-state index in [2.05, 4.69) is 5.32 Å². The fraction of sp³-hybridized carbons (Fsp3) is 0.0500. The largest absolute Gasteiger partial charge is 0.397 e. The SMILES string of the molecule is Cc1ccc(S(=O)(=O)n2ccc(C=CC(=O)Nc3ccccc3N)c2)cc1. The van der Waals surface area contributed by atoms with Gasteiger partial charge in [-0.2, -0.15) is 0 Å². The van der Waals surface area contributed by atoms with E-state index in [-0.39, 0.29) is 10.8 Å². The van der Waals surface area contributed by atoms with E-state index >= 15 is 0 Å². The smallest absolute Gasteiger partial charge is 0.267 e. The van der Waals surface area contributed by atoms with Crippen LogP contribution in [-0.4, -0.2) is 18.3 Å². The zero-order valence-electron chi connectivity index (χ0n) is 14.7. The molecule has 7 heteroatoms. The van der Waals surface area contributed by atoms with Crippen LogP contribution in [0.25, 0.3) is 6.08 Å². The Kier molecular flexibility index (Phi) is 5.14. The van der Waals surface area contributed by atoms with Gasteiger partial charge in [-0.25, -0.2) is 12.4 Å². The first-order chi connectivity index (χ1) is 12.9. The molecule has 0 unspecified atom stereocenters. The van der Waals surface area contributed by atoms with Gasteiger partial charge in [0.15, 0.2) is 0 Å². The second kappa shape index (κ2) is 7.51. The summed E-state index contributed by atoms with van der Waals surface area (Å²) in [6.45, 7) is 1.89. The van der Waals surface area contributed by atoms with Gasteiger partial charge in [-0.05, 0) is 48.9 Å². The molecule has 0 bridgehead atoms. The quantitative estimate of drug-likeness (QED) is 0.524. The first-order valence-electron chi connectivity index (χ1n) is 8.20. The number of anilines is 2. The summed E-state index contributed by atoms with van der Waals surface area (Å²) in [6.07, 6.45) is 5.76. The minimum Gasteiger partial charge on any atom is -0.397 e. The number of amides is 1. The highest BCUT2D eigenvalue weighted by atomic mass is 32.2. The number of aromatic nitrogens is 1. The van der Waals surface area contributed by atoms with Crippen LogP contribution in [0.15, 0.2) is 78.0 Å². The third-order valence-electron chi connectivity index (χ3n) is 3.93. The van der Waals surface area contributed by atoms with Crippen LogP contribution < -0.4 is 11.1 Å². The number of hydrogen-bond acceptors (Lipinski definition) is 4. The van der Waals surface area contributed by atoms with Crippen molar-refractivity contribution in [2.45, 2.75) is 11.8 Å². The Morgan fingerprint density at radius 3 is 2.48 bits per heavy atom. The number of hydrogen-bond donors (Lipinski definition) is 2. The summed E-state index contributed by atoms with van der Waals surface area (Å²) in [5.41, 5.74) is 8.34.